The maximum absolute atomic E-state index is 12.0. The Morgan fingerprint density at radius 2 is 1.84 bits per heavy atom. The Bertz CT molecular complexity index is 398. The third-order valence-electron chi connectivity index (χ3n) is 3.51. The van der Waals surface area contributed by atoms with E-state index in [1.165, 1.54) is 24.8 Å². The fourth-order valence-electron chi connectivity index (χ4n) is 2.29. The van der Waals surface area contributed by atoms with Crippen molar-refractivity contribution in [2.75, 3.05) is 5.32 Å². The average molecular weight is 261 g/mol. The molecule has 2 nitrogen and oxygen atoms in total. The fourth-order valence-corrected chi connectivity index (χ4v) is 2.29. The first-order valence-electron chi connectivity index (χ1n) is 7.57. The van der Waals surface area contributed by atoms with Gasteiger partial charge in [-0.15, -0.1) is 0 Å². The largest absolute Gasteiger partial charge is 0.326 e. The molecule has 19 heavy (non-hydrogen) atoms. The molecule has 0 aliphatic rings. The number of carbonyl (C=O) groups excluding carboxylic acids is 1. The van der Waals surface area contributed by atoms with Crippen LogP contribution in [0.3, 0.4) is 0 Å². The summed E-state index contributed by atoms with van der Waals surface area (Å²) in [5.41, 5.74) is 3.39. The van der Waals surface area contributed by atoms with Gasteiger partial charge in [-0.3, -0.25) is 4.79 Å². The van der Waals surface area contributed by atoms with Crippen molar-refractivity contribution in [2.24, 2.45) is 0 Å². The number of para-hydroxylation sites is 1. The Kier molecular flexibility index (Phi) is 7.24. The summed E-state index contributed by atoms with van der Waals surface area (Å²) >= 11 is 0. The van der Waals surface area contributed by atoms with Gasteiger partial charge in [0.2, 0.25) is 5.91 Å². The van der Waals surface area contributed by atoms with Crippen molar-refractivity contribution in [3.05, 3.63) is 29.3 Å². The van der Waals surface area contributed by atoms with Crippen LogP contribution in [0.2, 0.25) is 0 Å². The molecule has 106 valence electrons. The number of carbonyl (C=O) groups is 1. The molecule has 0 fully saturated rings. The Balaban J connectivity index is 2.44. The van der Waals surface area contributed by atoms with Crippen molar-refractivity contribution in [3.8, 4) is 0 Å². The normalized spacial score (nSPS) is 10.5. The zero-order valence-corrected chi connectivity index (χ0v) is 12.6. The minimum Gasteiger partial charge on any atom is -0.326 e. The van der Waals surface area contributed by atoms with Crippen LogP contribution in [0.1, 0.15) is 63.5 Å². The molecule has 0 heterocycles. The molecular weight excluding hydrogens is 234 g/mol. The summed E-state index contributed by atoms with van der Waals surface area (Å²) in [6.45, 7) is 6.38. The van der Waals surface area contributed by atoms with E-state index < -0.39 is 0 Å². The highest BCUT2D eigenvalue weighted by Gasteiger charge is 2.08. The smallest absolute Gasteiger partial charge is 0.224 e. The molecule has 0 aromatic heterocycles. The van der Waals surface area contributed by atoms with E-state index in [0.29, 0.717) is 6.42 Å². The third kappa shape index (κ3) is 5.46. The number of anilines is 1. The number of unbranched alkanes of at least 4 members (excludes halogenated alkanes) is 4. The summed E-state index contributed by atoms with van der Waals surface area (Å²) in [4.78, 5) is 12.0. The van der Waals surface area contributed by atoms with E-state index in [1.54, 1.807) is 0 Å². The van der Waals surface area contributed by atoms with E-state index in [2.05, 4.69) is 44.3 Å². The zero-order chi connectivity index (χ0) is 14.1. The Labute approximate surface area is 117 Å². The first-order valence-corrected chi connectivity index (χ1v) is 7.57. The third-order valence-corrected chi connectivity index (χ3v) is 3.51. The van der Waals surface area contributed by atoms with Crippen LogP contribution in [0.25, 0.3) is 0 Å². The van der Waals surface area contributed by atoms with Crippen LogP contribution in [0, 0.1) is 6.92 Å². The highest BCUT2D eigenvalue weighted by molar-refractivity contribution is 5.92. The quantitative estimate of drug-likeness (QED) is 0.665. The standard InChI is InChI=1S/C17H27NO/c1-4-6-7-8-9-13-16(19)18-17-14(3)11-10-12-15(17)5-2/h10-12H,4-9,13H2,1-3H3,(H,18,19). The summed E-state index contributed by atoms with van der Waals surface area (Å²) in [6.07, 6.45) is 7.52. The molecule has 0 spiro atoms. The van der Waals surface area contributed by atoms with Crippen LogP contribution >= 0.6 is 0 Å². The summed E-state index contributed by atoms with van der Waals surface area (Å²) in [7, 11) is 0. The zero-order valence-electron chi connectivity index (χ0n) is 12.6. The van der Waals surface area contributed by atoms with Crippen molar-refractivity contribution in [3.63, 3.8) is 0 Å². The Hall–Kier alpha value is -1.31. The lowest BCUT2D eigenvalue weighted by Gasteiger charge is -2.12. The molecule has 0 bridgehead atoms. The van der Waals surface area contributed by atoms with Crippen molar-refractivity contribution < 1.29 is 4.79 Å². The van der Waals surface area contributed by atoms with E-state index in [4.69, 9.17) is 0 Å². The molecule has 1 aromatic rings. The second-order valence-corrected chi connectivity index (χ2v) is 5.17. The second-order valence-electron chi connectivity index (χ2n) is 5.17. The fraction of sp³-hybridized carbons (Fsp3) is 0.588. The van der Waals surface area contributed by atoms with Crippen LogP contribution in [0.4, 0.5) is 5.69 Å². The lowest BCUT2D eigenvalue weighted by molar-refractivity contribution is -0.116. The number of aryl methyl sites for hydroxylation is 2. The van der Waals surface area contributed by atoms with Crippen molar-refractivity contribution in [1.29, 1.82) is 0 Å². The van der Waals surface area contributed by atoms with Crippen LogP contribution < -0.4 is 5.32 Å². The highest BCUT2D eigenvalue weighted by Crippen LogP contribution is 2.21. The minimum absolute atomic E-state index is 0.153. The number of hydrogen-bond donors (Lipinski definition) is 1. The van der Waals surface area contributed by atoms with Crippen molar-refractivity contribution >= 4 is 11.6 Å². The van der Waals surface area contributed by atoms with Crippen LogP contribution in [-0.4, -0.2) is 5.91 Å². The van der Waals surface area contributed by atoms with E-state index in [9.17, 15) is 4.79 Å². The van der Waals surface area contributed by atoms with E-state index in [0.717, 1.165) is 30.5 Å². The van der Waals surface area contributed by atoms with Crippen LogP contribution in [0.15, 0.2) is 18.2 Å². The maximum atomic E-state index is 12.0. The SMILES string of the molecule is CCCCCCCC(=O)Nc1c(C)cccc1CC. The highest BCUT2D eigenvalue weighted by atomic mass is 16.1. The van der Waals surface area contributed by atoms with Gasteiger partial charge >= 0.3 is 0 Å². The predicted molar refractivity (Wildman–Crippen MR) is 82.6 cm³/mol. The second kappa shape index (κ2) is 8.73. The first kappa shape index (κ1) is 15.7. The molecule has 0 atom stereocenters. The number of hydrogen-bond acceptors (Lipinski definition) is 1. The monoisotopic (exact) mass is 261 g/mol. The molecule has 2 heteroatoms. The molecule has 1 aromatic carbocycles. The molecule has 0 saturated carbocycles. The number of rotatable bonds is 8. The summed E-state index contributed by atoms with van der Waals surface area (Å²) in [5, 5.41) is 3.08. The predicted octanol–water partition coefficient (Wildman–Crippen LogP) is 4.86. The number of benzene rings is 1. The van der Waals surface area contributed by atoms with Crippen LogP contribution in [0.5, 0.6) is 0 Å². The van der Waals surface area contributed by atoms with Gasteiger partial charge in [0.25, 0.3) is 0 Å². The Morgan fingerprint density at radius 1 is 1.11 bits per heavy atom. The van der Waals surface area contributed by atoms with Crippen molar-refractivity contribution in [1.82, 2.24) is 0 Å². The van der Waals surface area contributed by atoms with Gasteiger partial charge in [-0.2, -0.15) is 0 Å². The van der Waals surface area contributed by atoms with Gasteiger partial charge in [0.15, 0.2) is 0 Å². The lowest BCUT2D eigenvalue weighted by atomic mass is 10.1. The molecule has 0 saturated heterocycles. The summed E-state index contributed by atoms with van der Waals surface area (Å²) in [6, 6.07) is 6.19. The topological polar surface area (TPSA) is 29.1 Å². The summed E-state index contributed by atoms with van der Waals surface area (Å²) < 4.78 is 0. The van der Waals surface area contributed by atoms with Gasteiger partial charge < -0.3 is 5.32 Å². The van der Waals surface area contributed by atoms with Gasteiger partial charge in [0.05, 0.1) is 0 Å². The van der Waals surface area contributed by atoms with Gasteiger partial charge in [0.1, 0.15) is 0 Å². The summed E-state index contributed by atoms with van der Waals surface area (Å²) in [5.74, 6) is 0.153. The first-order chi connectivity index (χ1) is 9.19. The van der Waals surface area contributed by atoms with Gasteiger partial charge in [0, 0.05) is 12.1 Å². The molecule has 1 N–H and O–H groups in total. The maximum Gasteiger partial charge on any atom is 0.224 e. The molecule has 1 amide bonds. The Morgan fingerprint density at radius 3 is 2.53 bits per heavy atom. The molecule has 1 rings (SSSR count). The molecular formula is C17H27NO. The van der Waals surface area contributed by atoms with Gasteiger partial charge in [-0.25, -0.2) is 0 Å². The number of amides is 1. The van der Waals surface area contributed by atoms with Crippen molar-refractivity contribution in [2.45, 2.75) is 65.7 Å². The van der Waals surface area contributed by atoms with Gasteiger partial charge in [-0.1, -0.05) is 57.7 Å². The van der Waals surface area contributed by atoms with E-state index in [1.807, 2.05) is 0 Å². The van der Waals surface area contributed by atoms with E-state index in [-0.39, 0.29) is 5.91 Å². The molecule has 0 unspecified atom stereocenters. The van der Waals surface area contributed by atoms with Crippen LogP contribution in [-0.2, 0) is 11.2 Å². The molecule has 0 radical (unpaired) electrons. The molecule has 0 aliphatic carbocycles. The van der Waals surface area contributed by atoms with Gasteiger partial charge in [-0.05, 0) is 30.9 Å². The molecule has 0 aliphatic heterocycles. The minimum atomic E-state index is 0.153. The number of nitrogens with one attached hydrogen (secondary N) is 1. The average Bonchev–Trinajstić information content (AvgIpc) is 2.41. The van der Waals surface area contributed by atoms with E-state index >= 15 is 0 Å². The lowest BCUT2D eigenvalue weighted by Crippen LogP contribution is -2.13.